The molecule has 0 aliphatic carbocycles. The van der Waals surface area contributed by atoms with Gasteiger partial charge in [0.1, 0.15) is 34.5 Å². The summed E-state index contributed by atoms with van der Waals surface area (Å²) in [6.45, 7) is 18.2. The molecule has 0 unspecified atom stereocenters. The fourth-order valence-corrected chi connectivity index (χ4v) is 13.4. The van der Waals surface area contributed by atoms with Crippen molar-refractivity contribution in [2.45, 2.75) is 63.4 Å². The van der Waals surface area contributed by atoms with Gasteiger partial charge < -0.3 is 59.8 Å². The molecule has 524 valence electrons. The Hall–Kier alpha value is -9.40. The van der Waals surface area contributed by atoms with Crippen molar-refractivity contribution in [2.75, 3.05) is 140 Å². The number of hydrogen-bond acceptors (Lipinski definition) is 30. The van der Waals surface area contributed by atoms with Crippen molar-refractivity contribution in [3.05, 3.63) is 93.7 Å². The zero-order chi connectivity index (χ0) is 71.1. The molecule has 36 heteroatoms. The van der Waals surface area contributed by atoms with E-state index in [-0.39, 0.29) is 65.8 Å². The number of ketones is 2. The molecule has 0 spiro atoms. The number of azo groups is 2. The van der Waals surface area contributed by atoms with Gasteiger partial charge in [-0.1, -0.05) is 41.4 Å². The van der Waals surface area contributed by atoms with E-state index in [0.717, 1.165) is 46.9 Å². The van der Waals surface area contributed by atoms with Gasteiger partial charge in [-0.25, -0.2) is 0 Å². The van der Waals surface area contributed by atoms with Gasteiger partial charge >= 0.3 is 0 Å². The number of rotatable bonds is 30. The van der Waals surface area contributed by atoms with Gasteiger partial charge in [-0.05, 0) is 120 Å². The van der Waals surface area contributed by atoms with E-state index in [1.54, 1.807) is 26.4 Å². The molecule has 7 aromatic rings. The van der Waals surface area contributed by atoms with Crippen LogP contribution in [0.5, 0.6) is 11.5 Å². The number of thiazole rings is 2. The molecule has 31 nitrogen and oxygen atoms in total. The number of carbonyl (C=O) groups is 4. The third-order valence-electron chi connectivity index (χ3n) is 15.2. The number of morpholine rings is 2. The van der Waals surface area contributed by atoms with Crippen molar-refractivity contribution in [1.82, 2.24) is 24.9 Å². The second-order valence-corrected chi connectivity index (χ2v) is 27.6. The van der Waals surface area contributed by atoms with E-state index in [2.05, 4.69) is 41.3 Å². The summed E-state index contributed by atoms with van der Waals surface area (Å²) < 4.78 is 88.9. The summed E-state index contributed by atoms with van der Waals surface area (Å²) >= 11 is 3.51. The molecular weight excluding hydrogens is 1380 g/mol. The summed E-state index contributed by atoms with van der Waals surface area (Å²) in [5.74, 6) is -0.118. The van der Waals surface area contributed by atoms with Gasteiger partial charge in [-0.3, -0.25) is 28.3 Å². The Balaban J connectivity index is 1.09. The molecule has 6 N–H and O–H groups in total. The van der Waals surface area contributed by atoms with Crippen molar-refractivity contribution in [3.63, 3.8) is 0 Å². The molecule has 3 aromatic heterocycles. The third-order valence-corrected chi connectivity index (χ3v) is 19.4. The molecule has 2 fully saturated rings. The largest absolute Gasteiger partial charge is 0.494 e. The first-order valence-corrected chi connectivity index (χ1v) is 36.5. The Morgan fingerprint density at radius 1 is 0.576 bits per heavy atom. The zero-order valence-electron chi connectivity index (χ0n) is 55.4. The number of Topliss-reactive ketones (excluding diaryl/α,β-unsaturated/α-hetero) is 2. The van der Waals surface area contributed by atoms with Crippen molar-refractivity contribution < 1.29 is 64.1 Å². The lowest BCUT2D eigenvalue weighted by atomic mass is 10.1. The fraction of sp³-hybridized carbons (Fsp3) is 0.349. The molecule has 2 aliphatic rings. The van der Waals surface area contributed by atoms with Crippen LogP contribution in [0.3, 0.4) is 0 Å². The Bertz CT molecular complexity index is 4200. The summed E-state index contributed by atoms with van der Waals surface area (Å²) in [6, 6.07) is 16.7. The van der Waals surface area contributed by atoms with Crippen LogP contribution in [0.25, 0.3) is 12.2 Å². The van der Waals surface area contributed by atoms with Crippen molar-refractivity contribution >= 4 is 169 Å². The van der Waals surface area contributed by atoms with Gasteiger partial charge in [0.05, 0.1) is 94.1 Å². The zero-order valence-corrected chi connectivity index (χ0v) is 59.5. The molecule has 5 heterocycles. The second-order valence-electron chi connectivity index (χ2n) is 21.5. The monoisotopic (exact) mass is 1450 g/mol. The highest BCUT2D eigenvalue weighted by atomic mass is 32.2. The van der Waals surface area contributed by atoms with Crippen LogP contribution < -0.4 is 50.3 Å². The Labute approximate surface area is 583 Å². The molecule has 2 aliphatic heterocycles. The van der Waals surface area contributed by atoms with E-state index in [4.69, 9.17) is 54.1 Å². The van der Waals surface area contributed by atoms with Crippen molar-refractivity contribution in [1.29, 1.82) is 0 Å². The molecule has 0 atom stereocenters. The molecular formula is C63H73N17O14S5. The number of ether oxygens (including phenoxy) is 4. The number of thioether (sulfide) groups is 1. The highest BCUT2D eigenvalue weighted by Gasteiger charge is 2.27. The minimum atomic E-state index is -4.50. The first kappa shape index (κ1) is 73.8. The number of anilines is 10. The standard InChI is InChI=1S/C63H73N17O14S5/c1-10-77(11-2)49-33-45(47(35-51(49)91-8)73-75-62-68-55(79-23-27-93-28-24-79)53(96-62)31-43(37(6)81)57(83)64-39-15-19-41(20-16-39)98(85,86)87)66-59-70-60(72-61(71-59)95-14-5)67-46-34-50(78(12-3)13-4)52(92-9)36-48(46)74-76-63-69-56(80-25-29-94-30-26-80)54(97-63)32-44(38(7)82)58(84)65-40-17-21-42(22-18-40)99(88,89)90/h15-22,31-36H,10-14,23-30H2,1-9H3,(H,64,83)(H,65,84)(H,85,86,87)(H,88,89,90)(H2,66,67,70,71,72). The number of carbonyl (C=O) groups excluding carboxylic acids is 4. The minimum absolute atomic E-state index is 0.101. The van der Waals surface area contributed by atoms with E-state index in [1.807, 2.05) is 56.6 Å². The predicted molar refractivity (Wildman–Crippen MR) is 382 cm³/mol. The topological polar surface area (TPSA) is 389 Å². The van der Waals surface area contributed by atoms with Crippen LogP contribution in [-0.2, 0) is 48.9 Å². The first-order valence-electron chi connectivity index (χ1n) is 31.0. The number of amides is 2. The Kier molecular flexibility index (Phi) is 24.9. The van der Waals surface area contributed by atoms with Crippen LogP contribution in [0, 0.1) is 0 Å². The maximum atomic E-state index is 13.8. The lowest BCUT2D eigenvalue weighted by molar-refractivity contribution is -0.120. The number of methoxy groups -OCH3 is 2. The van der Waals surface area contributed by atoms with Crippen molar-refractivity contribution in [2.24, 2.45) is 20.5 Å². The van der Waals surface area contributed by atoms with Crippen LogP contribution in [-0.4, -0.2) is 173 Å². The predicted octanol–water partition coefficient (Wildman–Crippen LogP) is 11.3. The fourth-order valence-electron chi connectivity index (χ4n) is 10.2. The maximum Gasteiger partial charge on any atom is 0.294 e. The maximum absolute atomic E-state index is 13.8. The SMILES string of the molecule is CCSc1nc(Nc2cc(N(CC)CC)c(OC)cc2N=Nc2nc(N3CCOCC3)c(C=C(C(C)=O)C(=O)Nc3ccc(S(=O)(=O)O)cc3)s2)nc(Nc2cc(N(CC)CC)c(OC)cc2N=Nc2nc(N3CCOCC3)c(C=C(C(C)=O)C(=O)Nc3ccc(S(=O)(=O)O)cc3)s2)n1. The van der Waals surface area contributed by atoms with Gasteiger partial charge in [0.25, 0.3) is 32.1 Å². The van der Waals surface area contributed by atoms with Gasteiger partial charge in [0.15, 0.2) is 16.7 Å². The molecule has 2 saturated heterocycles. The highest BCUT2D eigenvalue weighted by molar-refractivity contribution is 7.99. The van der Waals surface area contributed by atoms with E-state index in [9.17, 15) is 45.1 Å². The average molecular weight is 1450 g/mol. The second kappa shape index (κ2) is 33.4. The molecule has 2 amide bonds. The van der Waals surface area contributed by atoms with Crippen LogP contribution in [0.15, 0.2) is 119 Å². The molecule has 0 saturated carbocycles. The smallest absolute Gasteiger partial charge is 0.294 e. The average Bonchev–Trinajstić information content (AvgIpc) is 1.76. The molecule has 0 bridgehead atoms. The quantitative estimate of drug-likeness (QED) is 0.00608. The molecule has 0 radical (unpaired) electrons. The van der Waals surface area contributed by atoms with Gasteiger partial charge in [0.2, 0.25) is 22.2 Å². The summed E-state index contributed by atoms with van der Waals surface area (Å²) in [5.41, 5.74) is 2.65. The lowest BCUT2D eigenvalue weighted by Crippen LogP contribution is -2.36. The third kappa shape index (κ3) is 18.9. The van der Waals surface area contributed by atoms with E-state index in [1.165, 1.54) is 62.0 Å². The van der Waals surface area contributed by atoms with Crippen molar-refractivity contribution in [3.8, 4) is 11.5 Å². The Morgan fingerprint density at radius 3 is 1.27 bits per heavy atom. The lowest BCUT2D eigenvalue weighted by Gasteiger charge is -2.27. The van der Waals surface area contributed by atoms with Crippen LogP contribution in [0.4, 0.5) is 79.3 Å². The summed E-state index contributed by atoms with van der Waals surface area (Å²) in [4.78, 5) is 86.5. The summed E-state index contributed by atoms with van der Waals surface area (Å²) in [6.07, 6.45) is 2.84. The normalized spacial score (nSPS) is 14.0. The number of aromatic nitrogens is 5. The van der Waals surface area contributed by atoms with Crippen LogP contribution in [0.2, 0.25) is 0 Å². The Morgan fingerprint density at radius 2 is 0.949 bits per heavy atom. The molecule has 9 rings (SSSR count). The van der Waals surface area contributed by atoms with Gasteiger partial charge in [0, 0.05) is 75.9 Å². The number of nitrogens with one attached hydrogen (secondary N) is 4. The van der Waals surface area contributed by atoms with E-state index < -0.39 is 43.6 Å². The summed E-state index contributed by atoms with van der Waals surface area (Å²) in [5, 5.41) is 31.5. The summed E-state index contributed by atoms with van der Waals surface area (Å²) in [7, 11) is -5.90. The number of nitrogens with zero attached hydrogens (tertiary/aromatic N) is 13. The molecule has 99 heavy (non-hydrogen) atoms. The van der Waals surface area contributed by atoms with Crippen LogP contribution >= 0.6 is 34.4 Å². The van der Waals surface area contributed by atoms with E-state index in [0.29, 0.717) is 145 Å². The minimum Gasteiger partial charge on any atom is -0.494 e. The van der Waals surface area contributed by atoms with Crippen LogP contribution in [0.1, 0.15) is 58.2 Å². The number of hydrogen-bond donors (Lipinski definition) is 6. The first-order chi connectivity index (χ1) is 47.4. The van der Waals surface area contributed by atoms with Gasteiger partial charge in [-0.15, -0.1) is 20.5 Å². The number of benzene rings is 4. The highest BCUT2D eigenvalue weighted by Crippen LogP contribution is 2.45. The van der Waals surface area contributed by atoms with E-state index >= 15 is 0 Å². The van der Waals surface area contributed by atoms with Gasteiger partial charge in [-0.2, -0.15) is 41.8 Å². The molecule has 4 aromatic carbocycles.